The Morgan fingerprint density at radius 3 is 2.33 bits per heavy atom. The van der Waals surface area contributed by atoms with E-state index in [1.54, 1.807) is 6.92 Å². The lowest BCUT2D eigenvalue weighted by atomic mass is 10.0. The minimum atomic E-state index is -0.0389. The van der Waals surface area contributed by atoms with E-state index < -0.39 is 0 Å². The van der Waals surface area contributed by atoms with Crippen molar-refractivity contribution >= 4 is 11.6 Å². The Hall–Kier alpha value is -1.70. The zero-order valence-electron chi connectivity index (χ0n) is 10.9. The van der Waals surface area contributed by atoms with E-state index in [0.29, 0.717) is 12.0 Å². The van der Waals surface area contributed by atoms with Gasteiger partial charge < -0.3 is 4.79 Å². The molecule has 0 unspecified atom stereocenters. The van der Waals surface area contributed by atoms with Gasteiger partial charge in [-0.25, -0.2) is 0 Å². The van der Waals surface area contributed by atoms with Crippen LogP contribution in [0.25, 0.3) is 0 Å². The van der Waals surface area contributed by atoms with Crippen molar-refractivity contribution in [2.75, 3.05) is 0 Å². The van der Waals surface area contributed by atoms with Crippen molar-refractivity contribution in [3.05, 3.63) is 48.0 Å². The molecule has 1 aromatic carbocycles. The average molecular weight is 244 g/mol. The molecule has 2 heteroatoms. The summed E-state index contributed by atoms with van der Waals surface area (Å²) in [5.41, 5.74) is 1.92. The number of carbonyl (C=O) groups excluding carboxylic acids is 2. The van der Waals surface area contributed by atoms with E-state index in [1.807, 2.05) is 24.3 Å². The van der Waals surface area contributed by atoms with Gasteiger partial charge in [-0.05, 0) is 37.8 Å². The molecule has 0 aliphatic rings. The zero-order chi connectivity index (χ0) is 13.4. The topological polar surface area (TPSA) is 34.1 Å². The summed E-state index contributed by atoms with van der Waals surface area (Å²) >= 11 is 0. The standard InChI is InChI=1S/C16H20O2/c1-3-16(18)15-11-9-14(10-12-15)8-6-4-5-7-13(2)17/h3,9-12H,1,4-8H2,2H3. The van der Waals surface area contributed by atoms with Gasteiger partial charge in [0.25, 0.3) is 0 Å². The van der Waals surface area contributed by atoms with Crippen LogP contribution >= 0.6 is 0 Å². The van der Waals surface area contributed by atoms with Gasteiger partial charge in [-0.3, -0.25) is 4.79 Å². The molecule has 2 nitrogen and oxygen atoms in total. The normalized spacial score (nSPS) is 10.1. The molecule has 0 radical (unpaired) electrons. The molecule has 0 spiro atoms. The second kappa shape index (κ2) is 7.59. The van der Waals surface area contributed by atoms with E-state index >= 15 is 0 Å². The second-order valence-corrected chi connectivity index (χ2v) is 4.53. The Bertz CT molecular complexity index is 415. The third-order valence-corrected chi connectivity index (χ3v) is 2.92. The lowest BCUT2D eigenvalue weighted by Gasteiger charge is -2.02. The van der Waals surface area contributed by atoms with Gasteiger partial charge in [0.1, 0.15) is 5.78 Å². The van der Waals surface area contributed by atoms with Gasteiger partial charge in [0.15, 0.2) is 5.78 Å². The maximum Gasteiger partial charge on any atom is 0.185 e. The highest BCUT2D eigenvalue weighted by Gasteiger charge is 2.01. The summed E-state index contributed by atoms with van der Waals surface area (Å²) < 4.78 is 0. The first-order valence-corrected chi connectivity index (χ1v) is 6.38. The molecular formula is C16H20O2. The molecule has 1 rings (SSSR count). The number of carbonyl (C=O) groups is 2. The average Bonchev–Trinajstić information content (AvgIpc) is 2.38. The van der Waals surface area contributed by atoms with Crippen molar-refractivity contribution in [1.82, 2.24) is 0 Å². The van der Waals surface area contributed by atoms with Crippen molar-refractivity contribution in [2.24, 2.45) is 0 Å². The van der Waals surface area contributed by atoms with E-state index in [1.165, 1.54) is 11.6 Å². The van der Waals surface area contributed by atoms with Gasteiger partial charge in [-0.1, -0.05) is 37.3 Å². The van der Waals surface area contributed by atoms with Crippen molar-refractivity contribution in [3.63, 3.8) is 0 Å². The molecule has 0 heterocycles. The molecule has 0 atom stereocenters. The van der Waals surface area contributed by atoms with Gasteiger partial charge >= 0.3 is 0 Å². The number of rotatable bonds is 8. The Kier molecular flexibility index (Phi) is 6.06. The third kappa shape index (κ3) is 5.09. The molecule has 0 bridgehead atoms. The minimum Gasteiger partial charge on any atom is -0.300 e. The van der Waals surface area contributed by atoms with E-state index in [9.17, 15) is 9.59 Å². The summed E-state index contributed by atoms with van der Waals surface area (Å²) in [5, 5.41) is 0. The largest absolute Gasteiger partial charge is 0.300 e. The summed E-state index contributed by atoms with van der Waals surface area (Å²) in [7, 11) is 0. The van der Waals surface area contributed by atoms with Crippen LogP contribution in [0.2, 0.25) is 0 Å². The molecule has 0 saturated carbocycles. The number of ketones is 2. The molecular weight excluding hydrogens is 224 g/mol. The van der Waals surface area contributed by atoms with Gasteiger partial charge in [0.2, 0.25) is 0 Å². The van der Waals surface area contributed by atoms with Crippen LogP contribution < -0.4 is 0 Å². The van der Waals surface area contributed by atoms with Gasteiger partial charge in [0, 0.05) is 12.0 Å². The number of aryl methyl sites for hydroxylation is 1. The second-order valence-electron chi connectivity index (χ2n) is 4.53. The molecule has 0 aliphatic carbocycles. The number of benzene rings is 1. The Balaban J connectivity index is 2.33. The van der Waals surface area contributed by atoms with E-state index in [0.717, 1.165) is 25.7 Å². The molecule has 1 aromatic rings. The Morgan fingerprint density at radius 2 is 1.78 bits per heavy atom. The first-order valence-electron chi connectivity index (χ1n) is 6.38. The predicted octanol–water partition coefficient (Wildman–Crippen LogP) is 3.75. The fraction of sp³-hybridized carbons (Fsp3) is 0.375. The van der Waals surface area contributed by atoms with Crippen molar-refractivity contribution in [3.8, 4) is 0 Å². The summed E-state index contributed by atoms with van der Waals surface area (Å²) in [6, 6.07) is 7.66. The zero-order valence-corrected chi connectivity index (χ0v) is 10.9. The fourth-order valence-corrected chi connectivity index (χ4v) is 1.83. The molecule has 96 valence electrons. The maximum absolute atomic E-state index is 11.3. The molecule has 0 aliphatic heterocycles. The van der Waals surface area contributed by atoms with Crippen LogP contribution in [0, 0.1) is 0 Å². The van der Waals surface area contributed by atoms with Crippen LogP contribution in [-0.2, 0) is 11.2 Å². The summed E-state index contributed by atoms with van der Waals surface area (Å²) in [4.78, 5) is 22.1. The van der Waals surface area contributed by atoms with Crippen LogP contribution in [0.1, 0.15) is 48.5 Å². The predicted molar refractivity (Wildman–Crippen MR) is 73.8 cm³/mol. The van der Waals surface area contributed by atoms with E-state index in [2.05, 4.69) is 6.58 Å². The number of hydrogen-bond acceptors (Lipinski definition) is 2. The van der Waals surface area contributed by atoms with Crippen molar-refractivity contribution in [2.45, 2.75) is 39.0 Å². The van der Waals surface area contributed by atoms with Crippen molar-refractivity contribution < 1.29 is 9.59 Å². The van der Waals surface area contributed by atoms with Crippen LogP contribution in [0.3, 0.4) is 0 Å². The summed E-state index contributed by atoms with van der Waals surface area (Å²) in [5.74, 6) is 0.227. The first kappa shape index (κ1) is 14.4. The van der Waals surface area contributed by atoms with Gasteiger partial charge in [0.05, 0.1) is 0 Å². The summed E-state index contributed by atoms with van der Waals surface area (Å²) in [6.07, 6.45) is 6.15. The monoisotopic (exact) mass is 244 g/mol. The lowest BCUT2D eigenvalue weighted by Crippen LogP contribution is -1.94. The van der Waals surface area contributed by atoms with Gasteiger partial charge in [-0.15, -0.1) is 0 Å². The highest BCUT2D eigenvalue weighted by atomic mass is 16.1. The number of Topliss-reactive ketones (excluding diaryl/α,β-unsaturated/α-hetero) is 1. The molecule has 0 amide bonds. The van der Waals surface area contributed by atoms with Gasteiger partial charge in [-0.2, -0.15) is 0 Å². The van der Waals surface area contributed by atoms with Crippen LogP contribution in [0.5, 0.6) is 0 Å². The maximum atomic E-state index is 11.3. The Labute approximate surface area is 109 Å². The molecule has 0 N–H and O–H groups in total. The third-order valence-electron chi connectivity index (χ3n) is 2.92. The van der Waals surface area contributed by atoms with Crippen LogP contribution in [0.4, 0.5) is 0 Å². The molecule has 0 saturated heterocycles. The minimum absolute atomic E-state index is 0.0389. The fourth-order valence-electron chi connectivity index (χ4n) is 1.83. The highest BCUT2D eigenvalue weighted by molar-refractivity contribution is 6.04. The van der Waals surface area contributed by atoms with E-state index in [-0.39, 0.29) is 11.6 Å². The molecule has 0 aromatic heterocycles. The summed E-state index contributed by atoms with van der Waals surface area (Å²) in [6.45, 7) is 5.10. The van der Waals surface area contributed by atoms with Crippen LogP contribution in [-0.4, -0.2) is 11.6 Å². The molecule has 0 fully saturated rings. The van der Waals surface area contributed by atoms with E-state index in [4.69, 9.17) is 0 Å². The number of allylic oxidation sites excluding steroid dienone is 1. The first-order chi connectivity index (χ1) is 8.63. The number of hydrogen-bond donors (Lipinski definition) is 0. The molecule has 18 heavy (non-hydrogen) atoms. The smallest absolute Gasteiger partial charge is 0.185 e. The Morgan fingerprint density at radius 1 is 1.11 bits per heavy atom. The van der Waals surface area contributed by atoms with Crippen LogP contribution in [0.15, 0.2) is 36.9 Å². The highest BCUT2D eigenvalue weighted by Crippen LogP contribution is 2.10. The SMILES string of the molecule is C=CC(=O)c1ccc(CCCCCC(C)=O)cc1. The van der Waals surface area contributed by atoms with Crippen molar-refractivity contribution in [1.29, 1.82) is 0 Å². The quantitative estimate of drug-likeness (QED) is 0.396. The number of unbranched alkanes of at least 4 members (excludes halogenated alkanes) is 2. The lowest BCUT2D eigenvalue weighted by molar-refractivity contribution is -0.117.